The molecule has 1 unspecified atom stereocenters. The summed E-state index contributed by atoms with van der Waals surface area (Å²) in [5, 5.41) is 0. The van der Waals surface area contributed by atoms with Gasteiger partial charge in [-0.25, -0.2) is 4.79 Å². The summed E-state index contributed by atoms with van der Waals surface area (Å²) >= 11 is 0. The van der Waals surface area contributed by atoms with E-state index in [1.807, 2.05) is 32.9 Å². The van der Waals surface area contributed by atoms with Crippen LogP contribution in [-0.4, -0.2) is 11.7 Å². The van der Waals surface area contributed by atoms with Gasteiger partial charge in [-0.15, -0.1) is 0 Å². The Bertz CT molecular complexity index is 490. The maximum atomic E-state index is 12.4. The zero-order chi connectivity index (χ0) is 14.0. The van der Waals surface area contributed by atoms with Crippen LogP contribution in [0.4, 0.5) is 0 Å². The second-order valence-electron chi connectivity index (χ2n) is 5.79. The number of carbonyl (C=O) groups is 1. The van der Waals surface area contributed by atoms with Gasteiger partial charge in [0.05, 0.1) is 5.56 Å². The van der Waals surface area contributed by atoms with Gasteiger partial charge in [0.2, 0.25) is 0 Å². The fourth-order valence-electron chi connectivity index (χ4n) is 3.15. The molecular weight excluding hydrogens is 255 g/mol. The first-order valence-corrected chi connectivity index (χ1v) is 8.50. The molecule has 0 radical (unpaired) electrons. The van der Waals surface area contributed by atoms with E-state index >= 15 is 0 Å². The Morgan fingerprint density at radius 2 is 1.68 bits per heavy atom. The molecule has 2 rings (SSSR count). The molecule has 0 N–H and O–H groups in total. The van der Waals surface area contributed by atoms with Gasteiger partial charge in [-0.3, -0.25) is 0 Å². The standard InChI is InChI=1S/C16H22O2P/c1-11-8-12(2)15(13(3)9-11)16(17)19(18)10-14-6-4-5-7-14/h8-9,14H,4-7,10H2,1-3H3/q+1. The normalized spacial score (nSPS) is 16.7. The first-order chi connectivity index (χ1) is 8.99. The van der Waals surface area contributed by atoms with Crippen molar-refractivity contribution in [3.05, 3.63) is 34.4 Å². The molecule has 2 nitrogen and oxygen atoms in total. The van der Waals surface area contributed by atoms with Crippen LogP contribution < -0.4 is 0 Å². The summed E-state index contributed by atoms with van der Waals surface area (Å²) in [7, 11) is -1.76. The smallest absolute Gasteiger partial charge is 0.234 e. The van der Waals surface area contributed by atoms with E-state index in [4.69, 9.17) is 0 Å². The molecular formula is C16H22O2P+. The predicted octanol–water partition coefficient (Wildman–Crippen LogP) is 4.77. The van der Waals surface area contributed by atoms with Gasteiger partial charge in [0.25, 0.3) is 0 Å². The number of benzene rings is 1. The monoisotopic (exact) mass is 277 g/mol. The number of rotatable bonds is 4. The predicted molar refractivity (Wildman–Crippen MR) is 79.4 cm³/mol. The molecule has 1 aliphatic carbocycles. The number of carbonyl (C=O) groups excluding carboxylic acids is 1. The molecule has 19 heavy (non-hydrogen) atoms. The van der Waals surface area contributed by atoms with E-state index in [0.29, 0.717) is 17.6 Å². The molecule has 3 heteroatoms. The van der Waals surface area contributed by atoms with Gasteiger partial charge in [0.1, 0.15) is 0 Å². The van der Waals surface area contributed by atoms with Crippen LogP contribution in [0.2, 0.25) is 0 Å². The van der Waals surface area contributed by atoms with E-state index < -0.39 is 7.80 Å². The third-order valence-corrected chi connectivity index (χ3v) is 5.54. The summed E-state index contributed by atoms with van der Waals surface area (Å²) in [4.78, 5) is 12.4. The summed E-state index contributed by atoms with van der Waals surface area (Å²) < 4.78 is 12.3. The lowest BCUT2D eigenvalue weighted by molar-refractivity contribution is 0.107. The average molecular weight is 277 g/mol. The Morgan fingerprint density at radius 1 is 1.16 bits per heavy atom. The van der Waals surface area contributed by atoms with E-state index in [0.717, 1.165) is 29.5 Å². The maximum absolute atomic E-state index is 12.4. The van der Waals surface area contributed by atoms with Crippen LogP contribution in [-0.2, 0) is 4.57 Å². The highest BCUT2D eigenvalue weighted by atomic mass is 31.1. The topological polar surface area (TPSA) is 34.1 Å². The van der Waals surface area contributed by atoms with Crippen molar-refractivity contribution in [2.24, 2.45) is 5.92 Å². The molecule has 0 amide bonds. The Morgan fingerprint density at radius 3 is 2.21 bits per heavy atom. The molecule has 0 spiro atoms. The lowest BCUT2D eigenvalue weighted by atomic mass is 10.0. The van der Waals surface area contributed by atoms with Crippen LogP contribution in [0.5, 0.6) is 0 Å². The molecule has 0 aromatic heterocycles. The van der Waals surface area contributed by atoms with Crippen LogP contribution in [0.1, 0.15) is 52.7 Å². The Hall–Kier alpha value is -1.01. The van der Waals surface area contributed by atoms with Gasteiger partial charge in [-0.05, 0) is 44.7 Å². The van der Waals surface area contributed by atoms with Crippen molar-refractivity contribution in [1.29, 1.82) is 0 Å². The van der Waals surface area contributed by atoms with Gasteiger partial charge in [0, 0.05) is 5.92 Å². The van der Waals surface area contributed by atoms with E-state index in [9.17, 15) is 9.36 Å². The van der Waals surface area contributed by atoms with Gasteiger partial charge >= 0.3 is 13.3 Å². The molecule has 0 bridgehead atoms. The fraction of sp³-hybridized carbons (Fsp3) is 0.562. The minimum Gasteiger partial charge on any atom is -0.234 e. The second kappa shape index (κ2) is 5.96. The molecule has 1 fully saturated rings. The lowest BCUT2D eigenvalue weighted by Gasteiger charge is -2.06. The number of hydrogen-bond acceptors (Lipinski definition) is 2. The SMILES string of the molecule is Cc1cc(C)c(C(=O)[P+](=O)CC2CCCC2)c(C)c1. The Kier molecular flexibility index (Phi) is 4.52. The number of aryl methyl sites for hydroxylation is 3. The van der Waals surface area contributed by atoms with Crippen molar-refractivity contribution in [3.63, 3.8) is 0 Å². The van der Waals surface area contributed by atoms with Crippen molar-refractivity contribution in [1.82, 2.24) is 0 Å². The van der Waals surface area contributed by atoms with E-state index in [-0.39, 0.29) is 5.52 Å². The summed E-state index contributed by atoms with van der Waals surface area (Å²) in [6.45, 7) is 5.89. The third-order valence-electron chi connectivity index (χ3n) is 4.02. The number of hydrogen-bond donors (Lipinski definition) is 0. The van der Waals surface area contributed by atoms with Crippen molar-refractivity contribution in [2.45, 2.75) is 46.5 Å². The molecule has 102 valence electrons. The summed E-state index contributed by atoms with van der Waals surface area (Å²) in [6.07, 6.45) is 5.32. The highest BCUT2D eigenvalue weighted by Gasteiger charge is 2.35. The minimum atomic E-state index is -1.76. The summed E-state index contributed by atoms with van der Waals surface area (Å²) in [5.41, 5.74) is 3.61. The van der Waals surface area contributed by atoms with Crippen LogP contribution in [0.3, 0.4) is 0 Å². The molecule has 0 heterocycles. The summed E-state index contributed by atoms with van der Waals surface area (Å²) in [6, 6.07) is 4.00. The van der Waals surface area contributed by atoms with E-state index in [1.165, 1.54) is 12.8 Å². The molecule has 1 aromatic carbocycles. The quantitative estimate of drug-likeness (QED) is 0.743. The average Bonchev–Trinajstić information content (AvgIpc) is 2.80. The Balaban J connectivity index is 2.17. The summed E-state index contributed by atoms with van der Waals surface area (Å²) in [5.74, 6) is 0.499. The zero-order valence-electron chi connectivity index (χ0n) is 12.0. The first kappa shape index (κ1) is 14.4. The van der Waals surface area contributed by atoms with Gasteiger partial charge in [-0.2, -0.15) is 0 Å². The molecule has 1 saturated carbocycles. The molecule has 0 aliphatic heterocycles. The van der Waals surface area contributed by atoms with Gasteiger partial charge in [-0.1, -0.05) is 35.1 Å². The second-order valence-corrected chi connectivity index (χ2v) is 7.32. The Labute approximate surface area is 116 Å². The zero-order valence-corrected chi connectivity index (χ0v) is 12.9. The van der Waals surface area contributed by atoms with Gasteiger partial charge in [0.15, 0.2) is 6.16 Å². The van der Waals surface area contributed by atoms with E-state index in [2.05, 4.69) is 0 Å². The van der Waals surface area contributed by atoms with Crippen LogP contribution in [0.15, 0.2) is 12.1 Å². The van der Waals surface area contributed by atoms with Gasteiger partial charge < -0.3 is 0 Å². The van der Waals surface area contributed by atoms with E-state index in [1.54, 1.807) is 0 Å². The minimum absolute atomic E-state index is 0.142. The fourth-order valence-corrected chi connectivity index (χ4v) is 4.75. The van der Waals surface area contributed by atoms with Crippen molar-refractivity contribution in [2.75, 3.05) is 6.16 Å². The van der Waals surface area contributed by atoms with Crippen LogP contribution >= 0.6 is 7.80 Å². The molecule has 0 saturated heterocycles. The molecule has 1 aliphatic rings. The maximum Gasteiger partial charge on any atom is 0.420 e. The highest BCUT2D eigenvalue weighted by molar-refractivity contribution is 7.64. The van der Waals surface area contributed by atoms with Crippen molar-refractivity contribution < 1.29 is 9.36 Å². The first-order valence-electron chi connectivity index (χ1n) is 7.06. The highest BCUT2D eigenvalue weighted by Crippen LogP contribution is 2.37. The lowest BCUT2D eigenvalue weighted by Crippen LogP contribution is -2.06. The van der Waals surface area contributed by atoms with Crippen LogP contribution in [0.25, 0.3) is 0 Å². The van der Waals surface area contributed by atoms with Crippen LogP contribution in [0, 0.1) is 26.7 Å². The molecule has 1 atom stereocenters. The van der Waals surface area contributed by atoms with Crippen molar-refractivity contribution >= 4 is 13.3 Å². The molecule has 1 aromatic rings. The largest absolute Gasteiger partial charge is 0.420 e. The third kappa shape index (κ3) is 3.30. The van der Waals surface area contributed by atoms with Crippen molar-refractivity contribution in [3.8, 4) is 0 Å².